The summed E-state index contributed by atoms with van der Waals surface area (Å²) in [5.41, 5.74) is 0.774. The Bertz CT molecular complexity index is 585. The molecule has 21 heavy (non-hydrogen) atoms. The van der Waals surface area contributed by atoms with Crippen molar-refractivity contribution in [2.24, 2.45) is 0 Å². The smallest absolute Gasteiger partial charge is 0.221 e. The van der Waals surface area contributed by atoms with Crippen molar-refractivity contribution in [3.05, 3.63) is 48.3 Å². The number of nitrogens with one attached hydrogen (secondary N) is 1. The number of halogens is 1. The van der Waals surface area contributed by atoms with E-state index in [-0.39, 0.29) is 37.8 Å². The van der Waals surface area contributed by atoms with Crippen LogP contribution in [0.3, 0.4) is 0 Å². The minimum Gasteiger partial charge on any atom is -0.352 e. The van der Waals surface area contributed by atoms with Crippen LogP contribution in [-0.2, 0) is 21.4 Å². The van der Waals surface area contributed by atoms with Crippen LogP contribution in [-0.4, -0.2) is 38.0 Å². The molecule has 0 saturated heterocycles. The number of sulfonamides is 1. The SMILES string of the molecule is C=CCN(CCC(=O)NCc1ccc(F)cc1)S(C)(=O)=O. The maximum atomic E-state index is 12.7. The summed E-state index contributed by atoms with van der Waals surface area (Å²) in [6, 6.07) is 5.79. The van der Waals surface area contributed by atoms with Crippen molar-refractivity contribution in [3.8, 4) is 0 Å². The summed E-state index contributed by atoms with van der Waals surface area (Å²) >= 11 is 0. The van der Waals surface area contributed by atoms with Crippen molar-refractivity contribution in [1.82, 2.24) is 9.62 Å². The first-order valence-corrected chi connectivity index (χ1v) is 8.25. The van der Waals surface area contributed by atoms with Gasteiger partial charge in [0.25, 0.3) is 0 Å². The molecule has 0 aliphatic heterocycles. The van der Waals surface area contributed by atoms with Crippen molar-refractivity contribution < 1.29 is 17.6 Å². The molecule has 0 spiro atoms. The molecule has 0 unspecified atom stereocenters. The van der Waals surface area contributed by atoms with Crippen LogP contribution >= 0.6 is 0 Å². The second-order valence-electron chi connectivity index (χ2n) is 4.56. The average molecular weight is 314 g/mol. The zero-order valence-electron chi connectivity index (χ0n) is 11.9. The van der Waals surface area contributed by atoms with Crippen LogP contribution in [0.1, 0.15) is 12.0 Å². The van der Waals surface area contributed by atoms with Gasteiger partial charge in [-0.2, -0.15) is 4.31 Å². The van der Waals surface area contributed by atoms with E-state index in [0.29, 0.717) is 0 Å². The minimum atomic E-state index is -3.35. The molecular weight excluding hydrogens is 295 g/mol. The summed E-state index contributed by atoms with van der Waals surface area (Å²) in [5.74, 6) is -0.602. The number of rotatable bonds is 8. The van der Waals surface area contributed by atoms with E-state index in [4.69, 9.17) is 0 Å². The zero-order chi connectivity index (χ0) is 15.9. The second-order valence-corrected chi connectivity index (χ2v) is 6.55. The van der Waals surface area contributed by atoms with Gasteiger partial charge in [-0.05, 0) is 17.7 Å². The number of nitrogens with zero attached hydrogens (tertiary/aromatic N) is 1. The maximum Gasteiger partial charge on any atom is 0.221 e. The summed E-state index contributed by atoms with van der Waals surface area (Å²) in [6.45, 7) is 4.03. The van der Waals surface area contributed by atoms with E-state index in [9.17, 15) is 17.6 Å². The van der Waals surface area contributed by atoms with Crippen molar-refractivity contribution in [2.75, 3.05) is 19.3 Å². The van der Waals surface area contributed by atoms with Crippen molar-refractivity contribution >= 4 is 15.9 Å². The Balaban J connectivity index is 2.43. The number of hydrogen-bond donors (Lipinski definition) is 1. The van der Waals surface area contributed by atoms with Crippen molar-refractivity contribution in [3.63, 3.8) is 0 Å². The highest BCUT2D eigenvalue weighted by Crippen LogP contribution is 2.03. The Morgan fingerprint density at radius 2 is 2.00 bits per heavy atom. The topological polar surface area (TPSA) is 66.5 Å². The van der Waals surface area contributed by atoms with Gasteiger partial charge in [-0.25, -0.2) is 12.8 Å². The number of amides is 1. The lowest BCUT2D eigenvalue weighted by atomic mass is 10.2. The average Bonchev–Trinajstić information content (AvgIpc) is 2.41. The molecule has 1 rings (SSSR count). The minimum absolute atomic E-state index is 0.0576. The highest BCUT2D eigenvalue weighted by Gasteiger charge is 2.16. The summed E-state index contributed by atoms with van der Waals surface area (Å²) in [7, 11) is -3.35. The first-order valence-electron chi connectivity index (χ1n) is 6.40. The van der Waals surface area contributed by atoms with Gasteiger partial charge >= 0.3 is 0 Å². The molecule has 0 aliphatic rings. The van der Waals surface area contributed by atoms with Gasteiger partial charge in [0.1, 0.15) is 5.82 Å². The molecule has 0 aromatic heterocycles. The molecular formula is C14H19FN2O3S. The highest BCUT2D eigenvalue weighted by atomic mass is 32.2. The molecule has 0 bridgehead atoms. The van der Waals surface area contributed by atoms with E-state index in [1.165, 1.54) is 22.5 Å². The van der Waals surface area contributed by atoms with E-state index in [2.05, 4.69) is 11.9 Å². The van der Waals surface area contributed by atoms with Crippen LogP contribution in [0.25, 0.3) is 0 Å². The van der Waals surface area contributed by atoms with Gasteiger partial charge in [0.15, 0.2) is 0 Å². The van der Waals surface area contributed by atoms with Crippen molar-refractivity contribution in [1.29, 1.82) is 0 Å². The first kappa shape index (κ1) is 17.3. The molecule has 1 N–H and O–H groups in total. The number of carbonyl (C=O) groups excluding carboxylic acids is 1. The largest absolute Gasteiger partial charge is 0.352 e. The van der Waals surface area contributed by atoms with Crippen molar-refractivity contribution in [2.45, 2.75) is 13.0 Å². The molecule has 0 saturated carbocycles. The third-order valence-electron chi connectivity index (χ3n) is 2.79. The quantitative estimate of drug-likeness (QED) is 0.735. The van der Waals surface area contributed by atoms with Crippen LogP contribution in [0.15, 0.2) is 36.9 Å². The van der Waals surface area contributed by atoms with E-state index < -0.39 is 10.0 Å². The molecule has 1 aromatic carbocycles. The van der Waals surface area contributed by atoms with Gasteiger partial charge in [0.05, 0.1) is 6.26 Å². The van der Waals surface area contributed by atoms with Gasteiger partial charge in [-0.3, -0.25) is 4.79 Å². The lowest BCUT2D eigenvalue weighted by Gasteiger charge is -2.17. The summed E-state index contributed by atoms with van der Waals surface area (Å²) in [5, 5.41) is 2.66. The monoisotopic (exact) mass is 314 g/mol. The fourth-order valence-electron chi connectivity index (χ4n) is 1.65. The number of carbonyl (C=O) groups is 1. The first-order chi connectivity index (χ1) is 9.82. The molecule has 5 nitrogen and oxygen atoms in total. The molecule has 0 radical (unpaired) electrons. The van der Waals surface area contributed by atoms with E-state index in [0.717, 1.165) is 11.8 Å². The molecule has 7 heteroatoms. The highest BCUT2D eigenvalue weighted by molar-refractivity contribution is 7.88. The van der Waals surface area contributed by atoms with Crippen LogP contribution in [0.2, 0.25) is 0 Å². The Morgan fingerprint density at radius 1 is 1.38 bits per heavy atom. The Morgan fingerprint density at radius 3 is 2.52 bits per heavy atom. The lowest BCUT2D eigenvalue weighted by Crippen LogP contribution is -2.34. The second kappa shape index (κ2) is 7.90. The van der Waals surface area contributed by atoms with Crippen LogP contribution < -0.4 is 5.32 Å². The summed E-state index contributed by atoms with van der Waals surface area (Å²) < 4.78 is 36.8. The fraction of sp³-hybridized carbons (Fsp3) is 0.357. The molecule has 0 atom stereocenters. The Hall–Kier alpha value is -1.73. The summed E-state index contributed by atoms with van der Waals surface area (Å²) in [4.78, 5) is 11.7. The third-order valence-corrected chi connectivity index (χ3v) is 4.06. The predicted molar refractivity (Wildman–Crippen MR) is 79.5 cm³/mol. The van der Waals surface area contributed by atoms with E-state index in [1.54, 1.807) is 12.1 Å². The van der Waals surface area contributed by atoms with Gasteiger partial charge in [0.2, 0.25) is 15.9 Å². The Labute approximate surface area is 124 Å². The lowest BCUT2D eigenvalue weighted by molar-refractivity contribution is -0.121. The molecule has 1 amide bonds. The molecule has 1 aromatic rings. The Kier molecular flexibility index (Phi) is 6.51. The normalized spacial score (nSPS) is 11.4. The molecule has 0 aliphatic carbocycles. The van der Waals surface area contributed by atoms with Gasteiger partial charge < -0.3 is 5.32 Å². The van der Waals surface area contributed by atoms with Crippen LogP contribution in [0.5, 0.6) is 0 Å². The zero-order valence-corrected chi connectivity index (χ0v) is 12.7. The predicted octanol–water partition coefficient (Wildman–Crippen LogP) is 1.28. The fourth-order valence-corrected chi connectivity index (χ4v) is 2.45. The van der Waals surface area contributed by atoms with E-state index >= 15 is 0 Å². The molecule has 0 heterocycles. The molecule has 0 fully saturated rings. The third kappa shape index (κ3) is 6.50. The standard InChI is InChI=1S/C14H19FN2O3S/c1-3-9-17(21(2,19)20)10-8-14(18)16-11-12-4-6-13(15)7-5-12/h3-7H,1,8-11H2,2H3,(H,16,18). The van der Waals surface area contributed by atoms with Gasteiger partial charge in [0, 0.05) is 26.1 Å². The van der Waals surface area contributed by atoms with Crippen LogP contribution in [0, 0.1) is 5.82 Å². The number of hydrogen-bond acceptors (Lipinski definition) is 3. The van der Waals surface area contributed by atoms with Crippen LogP contribution in [0.4, 0.5) is 4.39 Å². The van der Waals surface area contributed by atoms with E-state index in [1.807, 2.05) is 0 Å². The van der Waals surface area contributed by atoms with Gasteiger partial charge in [-0.1, -0.05) is 18.2 Å². The van der Waals surface area contributed by atoms with Gasteiger partial charge in [-0.15, -0.1) is 6.58 Å². The number of benzene rings is 1. The maximum absolute atomic E-state index is 12.7. The summed E-state index contributed by atoms with van der Waals surface area (Å²) in [6.07, 6.45) is 2.62. The molecule has 116 valence electrons.